The molecule has 5 nitrogen and oxygen atoms in total. The first-order valence-electron chi connectivity index (χ1n) is 6.16. The van der Waals surface area contributed by atoms with Gasteiger partial charge in [0.2, 0.25) is 0 Å². The number of rotatable bonds is 6. The molecular weight excluding hydrogens is 254 g/mol. The molecule has 1 rings (SSSR count). The Morgan fingerprint density at radius 3 is 2.61 bits per heavy atom. The normalized spacial score (nSPS) is 21.8. The second-order valence-electron chi connectivity index (χ2n) is 5.14. The Balaban J connectivity index is 2.44. The molecule has 1 aliphatic rings. The molecule has 0 aliphatic carbocycles. The molecule has 1 unspecified atom stereocenters. The first kappa shape index (κ1) is 15.3. The first-order valence-corrected chi connectivity index (χ1v) is 7.04. The topological polar surface area (TPSA) is 77.8 Å². The third kappa shape index (κ3) is 4.86. The van der Waals surface area contributed by atoms with Crippen LogP contribution < -0.4 is 0 Å². The minimum absolute atomic E-state index is 0.152. The molecule has 0 amide bonds. The SMILES string of the molecule is CC(C)(SC1CCCN(CCC(=O)O)C1)C(=O)O. The van der Waals surface area contributed by atoms with Gasteiger partial charge in [-0.05, 0) is 33.2 Å². The van der Waals surface area contributed by atoms with Crippen molar-refractivity contribution in [3.8, 4) is 0 Å². The maximum Gasteiger partial charge on any atom is 0.319 e. The van der Waals surface area contributed by atoms with Crippen LogP contribution in [0.3, 0.4) is 0 Å². The fourth-order valence-electron chi connectivity index (χ4n) is 2.03. The Morgan fingerprint density at radius 1 is 1.39 bits per heavy atom. The number of likely N-dealkylation sites (tertiary alicyclic amines) is 1. The quantitative estimate of drug-likeness (QED) is 0.765. The zero-order valence-corrected chi connectivity index (χ0v) is 11.7. The number of nitrogens with zero attached hydrogens (tertiary/aromatic N) is 1. The van der Waals surface area contributed by atoms with Gasteiger partial charge < -0.3 is 15.1 Å². The van der Waals surface area contributed by atoms with Crippen molar-refractivity contribution in [3.63, 3.8) is 0 Å². The molecule has 104 valence electrons. The summed E-state index contributed by atoms with van der Waals surface area (Å²) in [6.45, 7) is 5.69. The zero-order chi connectivity index (χ0) is 13.8. The second kappa shape index (κ2) is 6.43. The van der Waals surface area contributed by atoms with Gasteiger partial charge >= 0.3 is 11.9 Å². The lowest BCUT2D eigenvalue weighted by Gasteiger charge is -2.35. The molecule has 0 aromatic carbocycles. The van der Waals surface area contributed by atoms with Gasteiger partial charge in [-0.3, -0.25) is 9.59 Å². The molecule has 0 saturated carbocycles. The molecule has 2 N–H and O–H groups in total. The number of carboxylic acid groups (broad SMARTS) is 2. The number of carbonyl (C=O) groups is 2. The van der Waals surface area contributed by atoms with E-state index in [0.717, 1.165) is 25.9 Å². The largest absolute Gasteiger partial charge is 0.481 e. The molecule has 1 aliphatic heterocycles. The predicted octanol–water partition coefficient (Wildman–Crippen LogP) is 1.52. The van der Waals surface area contributed by atoms with Crippen LogP contribution >= 0.6 is 11.8 Å². The number of hydrogen-bond acceptors (Lipinski definition) is 4. The van der Waals surface area contributed by atoms with Gasteiger partial charge in [0.05, 0.1) is 6.42 Å². The highest BCUT2D eigenvalue weighted by Gasteiger charge is 2.33. The van der Waals surface area contributed by atoms with Crippen molar-refractivity contribution in [1.29, 1.82) is 0 Å². The van der Waals surface area contributed by atoms with Crippen molar-refractivity contribution in [2.45, 2.75) is 43.1 Å². The van der Waals surface area contributed by atoms with Gasteiger partial charge in [-0.1, -0.05) is 0 Å². The Labute approximate surface area is 112 Å². The third-order valence-corrected chi connectivity index (χ3v) is 4.56. The van der Waals surface area contributed by atoms with Gasteiger partial charge in [-0.25, -0.2) is 0 Å². The molecule has 0 radical (unpaired) electrons. The van der Waals surface area contributed by atoms with E-state index < -0.39 is 16.7 Å². The van der Waals surface area contributed by atoms with Crippen LogP contribution in [-0.4, -0.2) is 56.7 Å². The molecule has 1 heterocycles. The summed E-state index contributed by atoms with van der Waals surface area (Å²) >= 11 is 1.48. The zero-order valence-electron chi connectivity index (χ0n) is 10.9. The van der Waals surface area contributed by atoms with E-state index in [1.807, 2.05) is 0 Å². The Bertz CT molecular complexity index is 319. The van der Waals surface area contributed by atoms with Crippen molar-refractivity contribution in [1.82, 2.24) is 4.90 Å². The minimum atomic E-state index is -0.796. The number of piperidine rings is 1. The molecule has 0 bridgehead atoms. The molecule has 0 aromatic rings. The Hall–Kier alpha value is -0.750. The summed E-state index contributed by atoms with van der Waals surface area (Å²) in [6.07, 6.45) is 2.16. The van der Waals surface area contributed by atoms with E-state index >= 15 is 0 Å². The van der Waals surface area contributed by atoms with Crippen LogP contribution in [0.1, 0.15) is 33.1 Å². The highest BCUT2D eigenvalue weighted by molar-refractivity contribution is 8.02. The minimum Gasteiger partial charge on any atom is -0.481 e. The van der Waals surface area contributed by atoms with E-state index in [-0.39, 0.29) is 11.7 Å². The van der Waals surface area contributed by atoms with Crippen LogP contribution in [-0.2, 0) is 9.59 Å². The standard InChI is InChI=1S/C12H21NO4S/c1-12(2,11(16)17)18-9-4-3-6-13(8-9)7-5-10(14)15/h9H,3-8H2,1-2H3,(H,14,15)(H,16,17). The van der Waals surface area contributed by atoms with Crippen molar-refractivity contribution >= 4 is 23.7 Å². The summed E-state index contributed by atoms with van der Waals surface area (Å²) in [5.41, 5.74) is 0. The molecule has 1 atom stereocenters. The second-order valence-corrected chi connectivity index (χ2v) is 7.06. The number of aliphatic carboxylic acids is 2. The van der Waals surface area contributed by atoms with Crippen LogP contribution in [0.25, 0.3) is 0 Å². The van der Waals surface area contributed by atoms with E-state index in [2.05, 4.69) is 4.90 Å². The summed E-state index contributed by atoms with van der Waals surface area (Å²) in [4.78, 5) is 23.7. The fourth-order valence-corrected chi connectivity index (χ4v) is 3.54. The molecule has 6 heteroatoms. The molecule has 1 saturated heterocycles. The summed E-state index contributed by atoms with van der Waals surface area (Å²) < 4.78 is -0.777. The number of hydrogen-bond donors (Lipinski definition) is 2. The highest BCUT2D eigenvalue weighted by Crippen LogP contribution is 2.33. The van der Waals surface area contributed by atoms with Gasteiger partial charge in [-0.2, -0.15) is 0 Å². The van der Waals surface area contributed by atoms with E-state index in [1.54, 1.807) is 13.8 Å². The van der Waals surface area contributed by atoms with Crippen molar-refractivity contribution < 1.29 is 19.8 Å². The highest BCUT2D eigenvalue weighted by atomic mass is 32.2. The number of thioether (sulfide) groups is 1. The van der Waals surface area contributed by atoms with E-state index in [9.17, 15) is 9.59 Å². The molecule has 1 fully saturated rings. The summed E-state index contributed by atoms with van der Waals surface area (Å²) in [5.74, 6) is -1.58. The van der Waals surface area contributed by atoms with E-state index in [0.29, 0.717) is 6.54 Å². The third-order valence-electron chi connectivity index (χ3n) is 3.08. The van der Waals surface area contributed by atoms with Gasteiger partial charge in [0.15, 0.2) is 0 Å². The molecular formula is C12H21NO4S. The Kier molecular flexibility index (Phi) is 5.47. The van der Waals surface area contributed by atoms with E-state index in [4.69, 9.17) is 10.2 Å². The van der Waals surface area contributed by atoms with Crippen LogP contribution in [0.4, 0.5) is 0 Å². The van der Waals surface area contributed by atoms with Crippen molar-refractivity contribution in [3.05, 3.63) is 0 Å². The van der Waals surface area contributed by atoms with E-state index in [1.165, 1.54) is 11.8 Å². The van der Waals surface area contributed by atoms with Crippen LogP contribution in [0.15, 0.2) is 0 Å². The number of carboxylic acids is 2. The predicted molar refractivity (Wildman–Crippen MR) is 71.0 cm³/mol. The van der Waals surface area contributed by atoms with Gasteiger partial charge in [0.25, 0.3) is 0 Å². The maximum absolute atomic E-state index is 11.1. The lowest BCUT2D eigenvalue weighted by molar-refractivity contribution is -0.139. The van der Waals surface area contributed by atoms with Crippen molar-refractivity contribution in [2.75, 3.05) is 19.6 Å². The van der Waals surface area contributed by atoms with Gasteiger partial charge in [0.1, 0.15) is 4.75 Å². The average Bonchev–Trinajstić information content (AvgIpc) is 2.26. The molecule has 18 heavy (non-hydrogen) atoms. The lowest BCUT2D eigenvalue weighted by atomic mass is 10.1. The van der Waals surface area contributed by atoms with Crippen molar-refractivity contribution in [2.24, 2.45) is 0 Å². The van der Waals surface area contributed by atoms with Crippen LogP contribution in [0, 0.1) is 0 Å². The van der Waals surface area contributed by atoms with Gasteiger partial charge in [0, 0.05) is 18.3 Å². The average molecular weight is 275 g/mol. The maximum atomic E-state index is 11.1. The van der Waals surface area contributed by atoms with Crippen LogP contribution in [0.5, 0.6) is 0 Å². The first-order chi connectivity index (χ1) is 8.31. The fraction of sp³-hybridized carbons (Fsp3) is 0.833. The molecule has 0 aromatic heterocycles. The van der Waals surface area contributed by atoms with Crippen LogP contribution in [0.2, 0.25) is 0 Å². The lowest BCUT2D eigenvalue weighted by Crippen LogP contribution is -2.41. The Morgan fingerprint density at radius 2 is 2.06 bits per heavy atom. The summed E-state index contributed by atoms with van der Waals surface area (Å²) in [7, 11) is 0. The van der Waals surface area contributed by atoms with Gasteiger partial charge in [-0.15, -0.1) is 11.8 Å². The monoisotopic (exact) mass is 275 g/mol. The summed E-state index contributed by atoms with van der Waals surface area (Å²) in [6, 6.07) is 0. The smallest absolute Gasteiger partial charge is 0.319 e. The summed E-state index contributed by atoms with van der Waals surface area (Å²) in [5, 5.41) is 18.0. The molecule has 0 spiro atoms.